The van der Waals surface area contributed by atoms with Crippen molar-refractivity contribution in [1.29, 1.82) is 0 Å². The Hall–Kier alpha value is -3.17. The number of benzene rings is 2. The molecule has 8 nitrogen and oxygen atoms in total. The fourth-order valence-electron chi connectivity index (χ4n) is 2.35. The molecule has 0 aliphatic heterocycles. The fourth-order valence-corrected chi connectivity index (χ4v) is 3.40. The van der Waals surface area contributed by atoms with Gasteiger partial charge in [-0.2, -0.15) is 0 Å². The van der Waals surface area contributed by atoms with E-state index in [-0.39, 0.29) is 23.6 Å². The number of hydrogen-bond acceptors (Lipinski definition) is 5. The topological polar surface area (TPSA) is 105 Å². The summed E-state index contributed by atoms with van der Waals surface area (Å²) in [7, 11) is -2.15. The lowest BCUT2D eigenvalue weighted by molar-refractivity contribution is 0.102. The summed E-state index contributed by atoms with van der Waals surface area (Å²) in [6.45, 7) is 5.55. The minimum Gasteiger partial charge on any atom is -0.449 e. The lowest BCUT2D eigenvalue weighted by Gasteiger charge is -2.17. The predicted molar refractivity (Wildman–Crippen MR) is 112 cm³/mol. The second kappa shape index (κ2) is 9.85. The first-order valence-corrected chi connectivity index (χ1v) is 10.3. The Labute approximate surface area is 170 Å². The van der Waals surface area contributed by atoms with E-state index in [4.69, 9.17) is 4.74 Å². The van der Waals surface area contributed by atoms with E-state index in [0.717, 1.165) is 0 Å². The second-order valence-electron chi connectivity index (χ2n) is 5.93. The summed E-state index contributed by atoms with van der Waals surface area (Å²) in [5, 5.41) is 2.70. The van der Waals surface area contributed by atoms with Crippen LogP contribution in [0.4, 0.5) is 16.2 Å². The molecule has 2 rings (SSSR count). The number of carbonyl (C=O) groups is 2. The first kappa shape index (κ1) is 22.1. The van der Waals surface area contributed by atoms with Crippen LogP contribution in [-0.4, -0.2) is 40.6 Å². The van der Waals surface area contributed by atoms with Gasteiger partial charge in [0.1, 0.15) is 0 Å². The van der Waals surface area contributed by atoms with Crippen LogP contribution < -0.4 is 14.9 Å². The van der Waals surface area contributed by atoms with E-state index in [2.05, 4.69) is 16.6 Å². The highest BCUT2D eigenvalue weighted by Gasteiger charge is 2.16. The molecule has 0 atom stereocenters. The van der Waals surface area contributed by atoms with Gasteiger partial charge in [-0.3, -0.25) is 9.69 Å². The van der Waals surface area contributed by atoms with Crippen LogP contribution in [0.3, 0.4) is 0 Å². The number of nitrogens with one attached hydrogen (secondary N) is 2. The van der Waals surface area contributed by atoms with Crippen LogP contribution in [0.25, 0.3) is 0 Å². The van der Waals surface area contributed by atoms with Crippen LogP contribution in [0.15, 0.2) is 66.1 Å². The van der Waals surface area contributed by atoms with E-state index >= 15 is 0 Å². The van der Waals surface area contributed by atoms with Crippen LogP contribution in [0.1, 0.15) is 17.3 Å². The number of hydrogen-bond donors (Lipinski definition) is 2. The quantitative estimate of drug-likeness (QED) is 0.643. The second-order valence-corrected chi connectivity index (χ2v) is 7.69. The molecule has 29 heavy (non-hydrogen) atoms. The minimum absolute atomic E-state index is 0.0154. The Morgan fingerprint density at radius 1 is 1.17 bits per heavy atom. The number of ether oxygens (including phenoxy) is 1. The van der Waals surface area contributed by atoms with Crippen molar-refractivity contribution in [2.45, 2.75) is 11.8 Å². The van der Waals surface area contributed by atoms with E-state index in [0.29, 0.717) is 11.4 Å². The predicted octanol–water partition coefficient (Wildman–Crippen LogP) is 3.00. The number of nitrogens with zero attached hydrogens (tertiary/aromatic N) is 1. The number of sulfonamides is 1. The van der Waals surface area contributed by atoms with Gasteiger partial charge in [-0.25, -0.2) is 17.9 Å². The Kier molecular flexibility index (Phi) is 7.52. The summed E-state index contributed by atoms with van der Waals surface area (Å²) in [6, 6.07) is 12.3. The molecule has 0 unspecified atom stereocenters. The SMILES string of the molecule is C=CCNS(=O)(=O)c1cccc(C(=O)Nc2ccc(N(C)C(=O)OCC)cc2)c1. The largest absolute Gasteiger partial charge is 0.449 e. The molecule has 2 aromatic rings. The van der Waals surface area contributed by atoms with E-state index in [1.807, 2.05) is 0 Å². The van der Waals surface area contributed by atoms with Crippen molar-refractivity contribution in [3.05, 3.63) is 66.7 Å². The Balaban J connectivity index is 2.12. The number of anilines is 2. The third-order valence-corrected chi connectivity index (χ3v) is 5.30. The van der Waals surface area contributed by atoms with E-state index in [1.54, 1.807) is 38.2 Å². The number of amides is 2. The van der Waals surface area contributed by atoms with E-state index in [1.165, 1.54) is 35.2 Å². The van der Waals surface area contributed by atoms with Crippen LogP contribution >= 0.6 is 0 Å². The van der Waals surface area contributed by atoms with Gasteiger partial charge in [0.15, 0.2) is 0 Å². The zero-order valence-corrected chi connectivity index (χ0v) is 17.0. The third-order valence-electron chi connectivity index (χ3n) is 3.88. The monoisotopic (exact) mass is 417 g/mol. The maximum absolute atomic E-state index is 12.5. The first-order valence-electron chi connectivity index (χ1n) is 8.81. The molecular weight excluding hydrogens is 394 g/mol. The first-order chi connectivity index (χ1) is 13.8. The van der Waals surface area contributed by atoms with Gasteiger partial charge in [0, 0.05) is 30.5 Å². The molecule has 0 aliphatic rings. The van der Waals surface area contributed by atoms with Gasteiger partial charge in [-0.05, 0) is 49.4 Å². The molecule has 0 aromatic heterocycles. The summed E-state index contributed by atoms with van der Waals surface area (Å²) in [4.78, 5) is 25.6. The van der Waals surface area contributed by atoms with Crippen molar-refractivity contribution in [1.82, 2.24) is 4.72 Å². The summed E-state index contributed by atoms with van der Waals surface area (Å²) in [5.41, 5.74) is 1.29. The summed E-state index contributed by atoms with van der Waals surface area (Å²) in [5.74, 6) is -0.461. The Bertz CT molecular complexity index is 987. The molecule has 0 heterocycles. The van der Waals surface area contributed by atoms with Crippen molar-refractivity contribution in [3.63, 3.8) is 0 Å². The average Bonchev–Trinajstić information content (AvgIpc) is 2.72. The van der Waals surface area contributed by atoms with Crippen LogP contribution in [-0.2, 0) is 14.8 Å². The molecule has 2 amide bonds. The molecule has 0 aliphatic carbocycles. The highest BCUT2D eigenvalue weighted by atomic mass is 32.2. The Morgan fingerprint density at radius 2 is 1.86 bits per heavy atom. The van der Waals surface area contributed by atoms with Gasteiger partial charge >= 0.3 is 6.09 Å². The smallest absolute Gasteiger partial charge is 0.413 e. The van der Waals surface area contributed by atoms with Crippen molar-refractivity contribution in [2.75, 3.05) is 30.4 Å². The zero-order chi connectivity index (χ0) is 21.4. The maximum Gasteiger partial charge on any atom is 0.413 e. The molecule has 9 heteroatoms. The zero-order valence-electron chi connectivity index (χ0n) is 16.2. The Morgan fingerprint density at radius 3 is 2.48 bits per heavy atom. The summed E-state index contributed by atoms with van der Waals surface area (Å²) < 4.78 is 31.7. The van der Waals surface area contributed by atoms with Crippen LogP contribution in [0.5, 0.6) is 0 Å². The molecule has 2 aromatic carbocycles. The molecule has 154 valence electrons. The molecule has 2 N–H and O–H groups in total. The number of rotatable bonds is 8. The van der Waals surface area contributed by atoms with Gasteiger partial charge in [0.05, 0.1) is 11.5 Å². The molecule has 0 fully saturated rings. The van der Waals surface area contributed by atoms with Crippen molar-refractivity contribution in [2.24, 2.45) is 0 Å². The molecule has 0 bridgehead atoms. The molecule has 0 saturated heterocycles. The van der Waals surface area contributed by atoms with Crippen LogP contribution in [0, 0.1) is 0 Å². The van der Waals surface area contributed by atoms with Crippen molar-refractivity contribution < 1.29 is 22.7 Å². The van der Waals surface area contributed by atoms with Gasteiger partial charge in [0.25, 0.3) is 5.91 Å². The van der Waals surface area contributed by atoms with Gasteiger partial charge < -0.3 is 10.1 Å². The highest BCUT2D eigenvalue weighted by molar-refractivity contribution is 7.89. The standard InChI is InChI=1S/C20H23N3O5S/c1-4-13-21-29(26,27)18-8-6-7-15(14-18)19(24)22-16-9-11-17(12-10-16)23(3)20(25)28-5-2/h4,6-12,14,21H,1,5,13H2,2-3H3,(H,22,24). The molecule has 0 saturated carbocycles. The van der Waals surface area contributed by atoms with E-state index < -0.39 is 22.0 Å². The van der Waals surface area contributed by atoms with Crippen molar-refractivity contribution >= 4 is 33.4 Å². The molecular formula is C20H23N3O5S. The number of carbonyl (C=O) groups excluding carboxylic acids is 2. The normalized spacial score (nSPS) is 10.8. The summed E-state index contributed by atoms with van der Waals surface area (Å²) in [6.07, 6.45) is 0.948. The highest BCUT2D eigenvalue weighted by Crippen LogP contribution is 2.19. The van der Waals surface area contributed by atoms with Gasteiger partial charge in [-0.15, -0.1) is 6.58 Å². The minimum atomic E-state index is -3.73. The molecule has 0 spiro atoms. The molecule has 0 radical (unpaired) electrons. The van der Waals surface area contributed by atoms with Crippen LogP contribution in [0.2, 0.25) is 0 Å². The van der Waals surface area contributed by atoms with Crippen molar-refractivity contribution in [3.8, 4) is 0 Å². The maximum atomic E-state index is 12.5. The summed E-state index contributed by atoms with van der Waals surface area (Å²) >= 11 is 0. The lowest BCUT2D eigenvalue weighted by Crippen LogP contribution is -2.26. The average molecular weight is 417 g/mol. The fraction of sp³-hybridized carbons (Fsp3) is 0.200. The third kappa shape index (κ3) is 5.90. The lowest BCUT2D eigenvalue weighted by atomic mass is 10.2. The van der Waals surface area contributed by atoms with E-state index in [9.17, 15) is 18.0 Å². The van der Waals surface area contributed by atoms with Gasteiger partial charge in [0.2, 0.25) is 10.0 Å². The van der Waals surface area contributed by atoms with Gasteiger partial charge in [-0.1, -0.05) is 12.1 Å².